The van der Waals surface area contributed by atoms with Crippen molar-refractivity contribution in [2.45, 2.75) is 32.6 Å². The number of aromatic nitrogens is 3. The monoisotopic (exact) mass is 372 g/mol. The van der Waals surface area contributed by atoms with Crippen LogP contribution in [0.1, 0.15) is 32.6 Å². The van der Waals surface area contributed by atoms with Gasteiger partial charge in [0.25, 0.3) is 0 Å². The average Bonchev–Trinajstić information content (AvgIpc) is 2.72. The van der Waals surface area contributed by atoms with Crippen LogP contribution in [0.2, 0.25) is 0 Å². The van der Waals surface area contributed by atoms with E-state index in [0.717, 1.165) is 24.8 Å². The molecule has 0 fully saturated rings. The number of nitrogens with zero attached hydrogens (tertiary/aromatic N) is 4. The third-order valence-electron chi connectivity index (χ3n) is 3.97. The Balaban J connectivity index is 1.98. The number of hydrazine groups is 1. The number of hydrogen-bond donors (Lipinski definition) is 3. The maximum absolute atomic E-state index is 12.4. The van der Waals surface area contributed by atoms with Crippen LogP contribution in [0.25, 0.3) is 11.3 Å². The second-order valence-electron chi connectivity index (χ2n) is 6.04. The van der Waals surface area contributed by atoms with Gasteiger partial charge < -0.3 is 0 Å². The predicted octanol–water partition coefficient (Wildman–Crippen LogP) is 2.03. The molecule has 1 unspecified atom stereocenters. The van der Waals surface area contributed by atoms with Crippen molar-refractivity contribution >= 4 is 18.3 Å². The van der Waals surface area contributed by atoms with Gasteiger partial charge in [-0.1, -0.05) is 26.2 Å². The zero-order valence-electron chi connectivity index (χ0n) is 15.2. The van der Waals surface area contributed by atoms with Gasteiger partial charge in [-0.3, -0.25) is 30.6 Å². The summed E-state index contributed by atoms with van der Waals surface area (Å²) in [7, 11) is 0. The second kappa shape index (κ2) is 10.8. The largest absolute Gasteiger partial charge is 0.286 e. The van der Waals surface area contributed by atoms with Gasteiger partial charge >= 0.3 is 0 Å². The molecule has 0 aliphatic rings. The first kappa shape index (κ1) is 20.2. The molecule has 0 spiro atoms. The Hall–Kier alpha value is -3.07. The third kappa shape index (κ3) is 6.63. The highest BCUT2D eigenvalue weighted by molar-refractivity contribution is 5.80. The summed E-state index contributed by atoms with van der Waals surface area (Å²) in [6.45, 7) is 1.99. The molecule has 0 saturated heterocycles. The van der Waals surface area contributed by atoms with Crippen LogP contribution >= 0.6 is 0 Å². The summed E-state index contributed by atoms with van der Waals surface area (Å²) >= 11 is 0. The third-order valence-corrected chi connectivity index (χ3v) is 3.97. The molecule has 2 aromatic heterocycles. The number of nitrogens with one attached hydrogen (secondary N) is 2. The van der Waals surface area contributed by atoms with Crippen molar-refractivity contribution < 1.29 is 14.8 Å². The molecule has 0 radical (unpaired) electrons. The highest BCUT2D eigenvalue weighted by Gasteiger charge is 2.20. The van der Waals surface area contributed by atoms with Crippen molar-refractivity contribution in [3.8, 4) is 11.3 Å². The van der Waals surface area contributed by atoms with E-state index in [4.69, 9.17) is 0 Å². The number of hydrogen-bond acceptors (Lipinski definition) is 7. The number of rotatable bonds is 11. The normalized spacial score (nSPS) is 11.5. The number of anilines is 1. The molecule has 9 nitrogen and oxygen atoms in total. The summed E-state index contributed by atoms with van der Waals surface area (Å²) in [5, 5.41) is 9.90. The minimum Gasteiger partial charge on any atom is -0.286 e. The lowest BCUT2D eigenvalue weighted by atomic mass is 10.0. The van der Waals surface area contributed by atoms with E-state index in [0.29, 0.717) is 17.2 Å². The van der Waals surface area contributed by atoms with Gasteiger partial charge in [-0.25, -0.2) is 15.0 Å². The molecular formula is C18H24N6O3. The van der Waals surface area contributed by atoms with Crippen LogP contribution in [0.5, 0.6) is 0 Å². The molecule has 2 amide bonds. The van der Waals surface area contributed by atoms with Crippen molar-refractivity contribution in [3.63, 3.8) is 0 Å². The summed E-state index contributed by atoms with van der Waals surface area (Å²) in [6, 6.07) is 5.42. The lowest BCUT2D eigenvalue weighted by molar-refractivity contribution is -0.154. The quantitative estimate of drug-likeness (QED) is 0.239. The van der Waals surface area contributed by atoms with Gasteiger partial charge in [-0.2, -0.15) is 0 Å². The maximum atomic E-state index is 12.4. The van der Waals surface area contributed by atoms with Gasteiger partial charge in [0.1, 0.15) is 0 Å². The minimum absolute atomic E-state index is 0.0721. The molecule has 0 aliphatic heterocycles. The van der Waals surface area contributed by atoms with E-state index in [-0.39, 0.29) is 24.8 Å². The topological polar surface area (TPSA) is 120 Å². The number of unbranched alkanes of at least 4 members (excludes halogenated alkanes) is 2. The van der Waals surface area contributed by atoms with Crippen molar-refractivity contribution in [1.82, 2.24) is 25.4 Å². The summed E-state index contributed by atoms with van der Waals surface area (Å²) in [5.74, 6) is -0.656. The Morgan fingerprint density at radius 3 is 2.89 bits per heavy atom. The number of pyridine rings is 1. The molecule has 2 rings (SSSR count). The van der Waals surface area contributed by atoms with Gasteiger partial charge in [-0.15, -0.1) is 0 Å². The number of carbonyl (C=O) groups is 2. The van der Waals surface area contributed by atoms with Crippen LogP contribution < -0.4 is 10.9 Å². The van der Waals surface area contributed by atoms with E-state index in [1.165, 1.54) is 0 Å². The maximum Gasteiger partial charge on any atom is 0.243 e. The van der Waals surface area contributed by atoms with Crippen LogP contribution in [-0.4, -0.2) is 44.1 Å². The van der Waals surface area contributed by atoms with Crippen LogP contribution in [0, 0.1) is 5.92 Å². The number of amides is 2. The molecule has 0 aliphatic carbocycles. The summed E-state index contributed by atoms with van der Waals surface area (Å²) < 4.78 is 0. The van der Waals surface area contributed by atoms with Crippen LogP contribution in [0.15, 0.2) is 36.8 Å². The zero-order valence-corrected chi connectivity index (χ0v) is 15.2. The Morgan fingerprint density at radius 2 is 2.19 bits per heavy atom. The smallest absolute Gasteiger partial charge is 0.243 e. The highest BCUT2D eigenvalue weighted by atomic mass is 16.5. The zero-order chi connectivity index (χ0) is 19.5. The van der Waals surface area contributed by atoms with Gasteiger partial charge in [0.15, 0.2) is 0 Å². The van der Waals surface area contributed by atoms with E-state index < -0.39 is 5.92 Å². The fraction of sp³-hybridized carbons (Fsp3) is 0.389. The fourth-order valence-corrected chi connectivity index (χ4v) is 2.53. The molecule has 27 heavy (non-hydrogen) atoms. The average molecular weight is 372 g/mol. The Labute approximate surface area is 157 Å². The van der Waals surface area contributed by atoms with Crippen molar-refractivity contribution in [3.05, 3.63) is 36.8 Å². The van der Waals surface area contributed by atoms with Gasteiger partial charge in [0.2, 0.25) is 18.3 Å². The second-order valence-corrected chi connectivity index (χ2v) is 6.04. The summed E-state index contributed by atoms with van der Waals surface area (Å²) in [6.07, 6.45) is 8.59. The molecule has 144 valence electrons. The molecular weight excluding hydrogens is 348 g/mol. The molecule has 0 bridgehead atoms. The van der Waals surface area contributed by atoms with Crippen LogP contribution in [0.4, 0.5) is 5.95 Å². The summed E-state index contributed by atoms with van der Waals surface area (Å²) in [5.41, 5.74) is 6.73. The first-order chi connectivity index (χ1) is 13.1. The Morgan fingerprint density at radius 1 is 1.33 bits per heavy atom. The first-order valence-corrected chi connectivity index (χ1v) is 8.84. The predicted molar refractivity (Wildman–Crippen MR) is 99.2 cm³/mol. The lowest BCUT2D eigenvalue weighted by Gasteiger charge is -2.19. The summed E-state index contributed by atoms with van der Waals surface area (Å²) in [4.78, 5) is 35.5. The molecule has 0 saturated carbocycles. The molecule has 3 N–H and O–H groups in total. The number of hydroxylamine groups is 2. The van der Waals surface area contributed by atoms with Gasteiger partial charge in [-0.05, 0) is 24.6 Å². The molecule has 0 aromatic carbocycles. The van der Waals surface area contributed by atoms with Crippen molar-refractivity contribution in [2.24, 2.45) is 5.92 Å². The van der Waals surface area contributed by atoms with E-state index in [9.17, 15) is 14.8 Å². The van der Waals surface area contributed by atoms with Crippen LogP contribution in [0.3, 0.4) is 0 Å². The number of carbonyl (C=O) groups excluding carboxylic acids is 2. The molecule has 2 aromatic rings. The lowest BCUT2D eigenvalue weighted by Crippen LogP contribution is -2.40. The minimum atomic E-state index is -0.541. The first-order valence-electron chi connectivity index (χ1n) is 8.84. The molecule has 2 heterocycles. The van der Waals surface area contributed by atoms with E-state index in [1.807, 2.05) is 6.07 Å². The van der Waals surface area contributed by atoms with E-state index >= 15 is 0 Å². The van der Waals surface area contributed by atoms with Crippen molar-refractivity contribution in [1.29, 1.82) is 0 Å². The van der Waals surface area contributed by atoms with Crippen molar-refractivity contribution in [2.75, 3.05) is 12.0 Å². The Bertz CT molecular complexity index is 728. The fourth-order valence-electron chi connectivity index (χ4n) is 2.53. The van der Waals surface area contributed by atoms with Gasteiger partial charge in [0, 0.05) is 24.2 Å². The van der Waals surface area contributed by atoms with Crippen LogP contribution in [-0.2, 0) is 9.59 Å². The molecule has 9 heteroatoms. The Kier molecular flexibility index (Phi) is 8.11. The van der Waals surface area contributed by atoms with E-state index in [1.54, 1.807) is 30.7 Å². The SMILES string of the molecule is CCCCCC(CN(O)C=O)C(=O)NNc1nccc(-c2cccnc2)n1. The van der Waals surface area contributed by atoms with Gasteiger partial charge in [0.05, 0.1) is 18.2 Å². The molecule has 1 atom stereocenters. The highest BCUT2D eigenvalue weighted by Crippen LogP contribution is 2.16. The van der Waals surface area contributed by atoms with E-state index in [2.05, 4.69) is 32.7 Å². The standard InChI is InChI=1S/C18H24N6O3/c1-2-3-4-6-15(12-24(27)13-25)17(26)22-23-18-20-10-8-16(21-18)14-7-5-9-19-11-14/h5,7-11,13,15,27H,2-4,6,12H2,1H3,(H,22,26)(H,20,21,23).